The Kier molecular flexibility index (Phi) is 21.8. The second-order valence-corrected chi connectivity index (χ2v) is 8.35. The Hall–Kier alpha value is -0.350. The average molecular weight is 449 g/mol. The summed E-state index contributed by atoms with van der Waals surface area (Å²) in [5.41, 5.74) is 0. The molecule has 0 heterocycles. The van der Waals surface area contributed by atoms with E-state index in [1.54, 1.807) is 0 Å². The molecule has 162 valence electrons. The third-order valence-electron chi connectivity index (χ3n) is 5.22. The zero-order valence-corrected chi connectivity index (χ0v) is 20.0. The molecule has 0 saturated heterocycles. The molecule has 0 fully saturated rings. The summed E-state index contributed by atoms with van der Waals surface area (Å²) in [6, 6.07) is 0. The highest BCUT2D eigenvalue weighted by Crippen LogP contribution is 2.13. The van der Waals surface area contributed by atoms with Crippen LogP contribution in [0, 0.1) is 0 Å². The molecular weight excluding hydrogens is 402 g/mol. The standard InChI is InChI=1S/C23H46NO2.BrH/c1-5-7-8-9-10-11-12-13-14-15-16-17-18-19-20-24(3,4)21-22-26-23(25)6-2;/h6H,2,5,7-22H2,1,3-4H3;1H/q+1;/p-1. The molecule has 0 aromatic rings. The van der Waals surface area contributed by atoms with Gasteiger partial charge in [-0.05, 0) is 12.8 Å². The Bertz CT molecular complexity index is 345. The maximum absolute atomic E-state index is 11.0. The van der Waals surface area contributed by atoms with Crippen molar-refractivity contribution in [3.8, 4) is 0 Å². The Morgan fingerprint density at radius 2 is 1.19 bits per heavy atom. The zero-order valence-electron chi connectivity index (χ0n) is 18.4. The molecule has 0 radical (unpaired) electrons. The summed E-state index contributed by atoms with van der Waals surface area (Å²) in [5, 5.41) is 0. The van der Waals surface area contributed by atoms with Crippen molar-refractivity contribution in [2.24, 2.45) is 0 Å². The van der Waals surface area contributed by atoms with Gasteiger partial charge in [0.05, 0.1) is 20.6 Å². The first-order valence-electron chi connectivity index (χ1n) is 11.1. The third kappa shape index (κ3) is 21.8. The summed E-state index contributed by atoms with van der Waals surface area (Å²) < 4.78 is 6.00. The number of hydrogen-bond acceptors (Lipinski definition) is 2. The van der Waals surface area contributed by atoms with E-state index in [9.17, 15) is 4.79 Å². The number of esters is 1. The molecule has 4 heteroatoms. The number of quaternary nitrogens is 1. The van der Waals surface area contributed by atoms with Crippen molar-refractivity contribution in [1.29, 1.82) is 0 Å². The molecule has 0 N–H and O–H groups in total. The summed E-state index contributed by atoms with van der Waals surface area (Å²) >= 11 is 0. The fourth-order valence-electron chi connectivity index (χ4n) is 3.30. The van der Waals surface area contributed by atoms with Gasteiger partial charge in [-0.25, -0.2) is 4.79 Å². The largest absolute Gasteiger partial charge is 1.00 e. The lowest BCUT2D eigenvalue weighted by atomic mass is 10.0. The second-order valence-electron chi connectivity index (χ2n) is 8.35. The van der Waals surface area contributed by atoms with Gasteiger partial charge in [-0.3, -0.25) is 0 Å². The van der Waals surface area contributed by atoms with E-state index in [2.05, 4.69) is 27.6 Å². The van der Waals surface area contributed by atoms with E-state index in [1.807, 2.05) is 0 Å². The maximum atomic E-state index is 11.0. The number of halogens is 1. The van der Waals surface area contributed by atoms with Crippen LogP contribution in [0.15, 0.2) is 12.7 Å². The van der Waals surface area contributed by atoms with Gasteiger partial charge in [0.2, 0.25) is 0 Å². The van der Waals surface area contributed by atoms with Crippen LogP contribution >= 0.6 is 0 Å². The van der Waals surface area contributed by atoms with Crippen molar-refractivity contribution >= 4 is 5.97 Å². The summed E-state index contributed by atoms with van der Waals surface area (Å²) in [7, 11) is 4.42. The maximum Gasteiger partial charge on any atom is 0.330 e. The molecule has 0 rings (SSSR count). The highest BCUT2D eigenvalue weighted by molar-refractivity contribution is 5.81. The number of carbonyl (C=O) groups excluding carboxylic acids is 1. The number of rotatable bonds is 19. The molecule has 27 heavy (non-hydrogen) atoms. The minimum absolute atomic E-state index is 0. The highest BCUT2D eigenvalue weighted by atomic mass is 79.9. The number of carbonyl (C=O) groups is 1. The molecule has 0 aromatic heterocycles. The quantitative estimate of drug-likeness (QED) is 0.131. The minimum atomic E-state index is -0.318. The van der Waals surface area contributed by atoms with Crippen molar-refractivity contribution in [1.82, 2.24) is 0 Å². The van der Waals surface area contributed by atoms with E-state index >= 15 is 0 Å². The summed E-state index contributed by atoms with van der Waals surface area (Å²) in [6.45, 7) is 8.21. The van der Waals surface area contributed by atoms with Crippen LogP contribution in [0.2, 0.25) is 0 Å². The molecule has 0 aliphatic heterocycles. The van der Waals surface area contributed by atoms with Crippen LogP contribution in [0.4, 0.5) is 0 Å². The van der Waals surface area contributed by atoms with Gasteiger partial charge in [-0.2, -0.15) is 0 Å². The number of likely N-dealkylation sites (N-methyl/N-ethyl adjacent to an activating group) is 1. The predicted octanol–water partition coefficient (Wildman–Crippen LogP) is 3.28. The van der Waals surface area contributed by atoms with Crippen LogP contribution in [0.1, 0.15) is 96.8 Å². The molecule has 0 saturated carbocycles. The van der Waals surface area contributed by atoms with Crippen LogP contribution in [-0.2, 0) is 9.53 Å². The van der Waals surface area contributed by atoms with E-state index in [0.717, 1.165) is 17.6 Å². The molecule has 3 nitrogen and oxygen atoms in total. The monoisotopic (exact) mass is 447 g/mol. The van der Waals surface area contributed by atoms with E-state index in [1.165, 1.54) is 96.0 Å². The van der Waals surface area contributed by atoms with Gasteiger partial charge in [-0.15, -0.1) is 0 Å². The number of nitrogens with zero attached hydrogens (tertiary/aromatic N) is 1. The normalized spacial score (nSPS) is 11.1. The number of hydrogen-bond donors (Lipinski definition) is 0. The van der Waals surface area contributed by atoms with Crippen molar-refractivity contribution in [3.05, 3.63) is 12.7 Å². The topological polar surface area (TPSA) is 26.3 Å². The number of ether oxygens (including phenoxy) is 1. The third-order valence-corrected chi connectivity index (χ3v) is 5.22. The van der Waals surface area contributed by atoms with Gasteiger partial charge >= 0.3 is 5.97 Å². The molecule has 0 aliphatic carbocycles. The summed E-state index contributed by atoms with van der Waals surface area (Å²) in [4.78, 5) is 11.0. The molecule has 0 bridgehead atoms. The first kappa shape index (κ1) is 28.9. The first-order chi connectivity index (χ1) is 12.5. The molecule has 0 unspecified atom stereocenters. The average Bonchev–Trinajstić information content (AvgIpc) is 2.61. The highest BCUT2D eigenvalue weighted by Gasteiger charge is 2.14. The van der Waals surface area contributed by atoms with Gasteiger partial charge in [0, 0.05) is 6.08 Å². The van der Waals surface area contributed by atoms with Crippen LogP contribution < -0.4 is 17.0 Å². The Balaban J connectivity index is 0. The Morgan fingerprint density at radius 3 is 1.59 bits per heavy atom. The van der Waals surface area contributed by atoms with Crippen LogP contribution in [0.5, 0.6) is 0 Å². The molecule has 0 aromatic carbocycles. The van der Waals surface area contributed by atoms with E-state index in [0.29, 0.717) is 6.61 Å². The van der Waals surface area contributed by atoms with Gasteiger partial charge in [0.25, 0.3) is 0 Å². The van der Waals surface area contributed by atoms with Gasteiger partial charge in [-0.1, -0.05) is 90.6 Å². The van der Waals surface area contributed by atoms with Gasteiger partial charge < -0.3 is 26.2 Å². The summed E-state index contributed by atoms with van der Waals surface area (Å²) in [6.07, 6.45) is 20.8. The lowest BCUT2D eigenvalue weighted by Crippen LogP contribution is -3.00. The minimum Gasteiger partial charge on any atom is -1.00 e. The molecule has 0 aliphatic rings. The van der Waals surface area contributed by atoms with E-state index in [4.69, 9.17) is 4.74 Å². The SMILES string of the molecule is C=CC(=O)OCC[N+](C)(C)CCCCCCCCCCCCCCCC.[Br-]. The molecule has 0 amide bonds. The van der Waals surface area contributed by atoms with Crippen LogP contribution in [-0.4, -0.2) is 44.2 Å². The van der Waals surface area contributed by atoms with Crippen LogP contribution in [0.25, 0.3) is 0 Å². The lowest BCUT2D eigenvalue weighted by Gasteiger charge is -2.29. The second kappa shape index (κ2) is 20.4. The summed E-state index contributed by atoms with van der Waals surface area (Å²) in [5.74, 6) is -0.318. The van der Waals surface area contributed by atoms with E-state index < -0.39 is 0 Å². The van der Waals surface area contributed by atoms with Crippen molar-refractivity contribution in [2.75, 3.05) is 33.8 Å². The fraction of sp³-hybridized carbons (Fsp3) is 0.870. The van der Waals surface area contributed by atoms with Crippen LogP contribution in [0.3, 0.4) is 0 Å². The first-order valence-corrected chi connectivity index (χ1v) is 11.1. The van der Waals surface area contributed by atoms with Gasteiger partial charge in [0.15, 0.2) is 0 Å². The van der Waals surface area contributed by atoms with Crippen molar-refractivity contribution in [3.63, 3.8) is 0 Å². The predicted molar refractivity (Wildman–Crippen MR) is 113 cm³/mol. The smallest absolute Gasteiger partial charge is 0.330 e. The fourth-order valence-corrected chi connectivity index (χ4v) is 3.30. The molecular formula is C23H46BrNO2. The zero-order chi connectivity index (χ0) is 19.5. The lowest BCUT2D eigenvalue weighted by molar-refractivity contribution is -0.890. The van der Waals surface area contributed by atoms with Crippen molar-refractivity contribution < 1.29 is 31.0 Å². The van der Waals surface area contributed by atoms with Crippen molar-refractivity contribution in [2.45, 2.75) is 96.8 Å². The molecule has 0 spiro atoms. The van der Waals surface area contributed by atoms with E-state index in [-0.39, 0.29) is 23.0 Å². The molecule has 0 atom stereocenters. The number of unbranched alkanes of at least 4 members (excludes halogenated alkanes) is 13. The Labute approximate surface area is 180 Å². The Morgan fingerprint density at radius 1 is 0.778 bits per heavy atom. The van der Waals surface area contributed by atoms with Gasteiger partial charge in [0.1, 0.15) is 13.2 Å².